The molecule has 21 heavy (non-hydrogen) atoms. The summed E-state index contributed by atoms with van der Waals surface area (Å²) in [7, 11) is 0. The Kier molecular flexibility index (Phi) is 3.32. The molecule has 2 aliphatic heterocycles. The Morgan fingerprint density at radius 2 is 1.38 bits per heavy atom. The van der Waals surface area contributed by atoms with E-state index in [0.29, 0.717) is 0 Å². The summed E-state index contributed by atoms with van der Waals surface area (Å²) in [6.07, 6.45) is -3.01. The second-order valence-corrected chi connectivity index (χ2v) is 11.6. The number of fused-ring (bicyclic) bond motifs is 1. The van der Waals surface area contributed by atoms with Gasteiger partial charge in [-0.05, 0) is 0 Å². The fourth-order valence-electron chi connectivity index (χ4n) is 3.09. The molecule has 2 heterocycles. The zero-order valence-electron chi connectivity index (χ0n) is 11.7. The van der Waals surface area contributed by atoms with E-state index < -0.39 is 6.41 Å². The van der Waals surface area contributed by atoms with Crippen molar-refractivity contribution < 1.29 is 9.05 Å². The molecule has 3 nitrogen and oxygen atoms in total. The van der Waals surface area contributed by atoms with Gasteiger partial charge in [-0.3, -0.25) is 0 Å². The van der Waals surface area contributed by atoms with Crippen LogP contribution in [0.25, 0.3) is 0 Å². The van der Waals surface area contributed by atoms with Crippen LogP contribution < -0.4 is 5.30 Å². The van der Waals surface area contributed by atoms with Crippen LogP contribution in [0.1, 0.15) is 0 Å². The molecule has 2 aromatic rings. The fraction of sp³-hybridized carbons (Fsp3) is 0.250. The van der Waals surface area contributed by atoms with Crippen LogP contribution in [0.15, 0.2) is 65.6 Å². The summed E-state index contributed by atoms with van der Waals surface area (Å²) in [4.78, 5) is 1.20. The second kappa shape index (κ2) is 5.08. The SMILES string of the molecule is c1ccc(SP23(c4ccccc4)OCCN2CCO3)cc1. The number of rotatable bonds is 3. The maximum absolute atomic E-state index is 6.44. The van der Waals surface area contributed by atoms with Gasteiger partial charge in [-0.2, -0.15) is 0 Å². The van der Waals surface area contributed by atoms with Crippen LogP contribution in [0.2, 0.25) is 0 Å². The zero-order valence-corrected chi connectivity index (χ0v) is 13.4. The van der Waals surface area contributed by atoms with Gasteiger partial charge in [0, 0.05) is 0 Å². The van der Waals surface area contributed by atoms with Gasteiger partial charge in [0.25, 0.3) is 0 Å². The van der Waals surface area contributed by atoms with E-state index in [1.54, 1.807) is 11.4 Å². The van der Waals surface area contributed by atoms with Crippen LogP contribution in [0.4, 0.5) is 0 Å². The van der Waals surface area contributed by atoms with Crippen LogP contribution in [-0.2, 0) is 9.05 Å². The Morgan fingerprint density at radius 1 is 0.810 bits per heavy atom. The summed E-state index contributed by atoms with van der Waals surface area (Å²) >= 11 is 1.78. The molecule has 0 atom stereocenters. The molecule has 0 spiro atoms. The first kappa shape index (κ1) is 13.7. The molecule has 2 aromatic carbocycles. The molecule has 0 bridgehead atoms. The number of hydrogen-bond donors (Lipinski definition) is 0. The number of nitrogens with zero attached hydrogens (tertiary/aromatic N) is 1. The summed E-state index contributed by atoms with van der Waals surface area (Å²) in [6, 6.07) is 20.9. The van der Waals surface area contributed by atoms with Crippen molar-refractivity contribution >= 4 is 23.1 Å². The van der Waals surface area contributed by atoms with Crippen LogP contribution in [0.3, 0.4) is 0 Å². The van der Waals surface area contributed by atoms with Gasteiger partial charge in [0.1, 0.15) is 0 Å². The summed E-state index contributed by atoms with van der Waals surface area (Å²) in [6.45, 7) is 3.39. The van der Waals surface area contributed by atoms with Crippen molar-refractivity contribution in [1.29, 1.82) is 0 Å². The van der Waals surface area contributed by atoms with Gasteiger partial charge in [-0.1, -0.05) is 0 Å². The molecule has 0 aliphatic carbocycles. The van der Waals surface area contributed by atoms with Gasteiger partial charge in [-0.25, -0.2) is 0 Å². The Morgan fingerprint density at radius 3 is 2.00 bits per heavy atom. The molecular formula is C16H18NO2PS. The first-order valence-electron chi connectivity index (χ1n) is 7.21. The molecule has 110 valence electrons. The van der Waals surface area contributed by atoms with E-state index in [2.05, 4.69) is 53.2 Å². The normalized spacial score (nSPS) is 25.0. The van der Waals surface area contributed by atoms with Crippen molar-refractivity contribution in [2.24, 2.45) is 0 Å². The molecule has 0 N–H and O–H groups in total. The van der Waals surface area contributed by atoms with Gasteiger partial charge in [0.15, 0.2) is 0 Å². The second-order valence-electron chi connectivity index (χ2n) is 5.20. The molecule has 5 heteroatoms. The van der Waals surface area contributed by atoms with Gasteiger partial charge in [0.05, 0.1) is 0 Å². The van der Waals surface area contributed by atoms with Crippen molar-refractivity contribution in [2.45, 2.75) is 4.90 Å². The topological polar surface area (TPSA) is 21.7 Å². The third kappa shape index (κ3) is 1.98. The predicted octanol–water partition coefficient (Wildman–Crippen LogP) is 3.68. The van der Waals surface area contributed by atoms with Gasteiger partial charge < -0.3 is 0 Å². The van der Waals surface area contributed by atoms with E-state index in [1.165, 1.54) is 10.2 Å². The van der Waals surface area contributed by atoms with Gasteiger partial charge in [0.2, 0.25) is 0 Å². The maximum atomic E-state index is 6.44. The molecule has 0 amide bonds. The summed E-state index contributed by atoms with van der Waals surface area (Å²) in [5, 5.41) is 1.19. The van der Waals surface area contributed by atoms with Crippen molar-refractivity contribution in [3.05, 3.63) is 60.7 Å². The Bertz CT molecular complexity index is 627. The van der Waals surface area contributed by atoms with E-state index in [1.807, 2.05) is 12.1 Å². The van der Waals surface area contributed by atoms with Crippen LogP contribution >= 0.6 is 17.8 Å². The Labute approximate surface area is 129 Å². The quantitative estimate of drug-likeness (QED) is 0.805. The fourth-order valence-corrected chi connectivity index (χ4v) is 11.2. The van der Waals surface area contributed by atoms with Crippen molar-refractivity contribution in [1.82, 2.24) is 4.67 Å². The van der Waals surface area contributed by atoms with Crippen molar-refractivity contribution in [2.75, 3.05) is 26.3 Å². The zero-order chi connectivity index (χ0) is 14.2. The molecule has 4 rings (SSSR count). The van der Waals surface area contributed by atoms with Crippen molar-refractivity contribution in [3.63, 3.8) is 0 Å². The number of hydrogen-bond acceptors (Lipinski definition) is 4. The van der Waals surface area contributed by atoms with Gasteiger partial charge >= 0.3 is 129 Å². The van der Waals surface area contributed by atoms with Crippen LogP contribution in [0.5, 0.6) is 0 Å². The molecule has 0 radical (unpaired) electrons. The third-order valence-electron chi connectivity index (χ3n) is 4.02. The average Bonchev–Trinajstić information content (AvgIpc) is 3.06. The Hall–Kier alpha value is -0.900. The van der Waals surface area contributed by atoms with E-state index in [4.69, 9.17) is 9.05 Å². The predicted molar refractivity (Wildman–Crippen MR) is 88.8 cm³/mol. The van der Waals surface area contributed by atoms with E-state index in [0.717, 1.165) is 26.3 Å². The Balaban J connectivity index is 1.87. The van der Waals surface area contributed by atoms with Crippen molar-refractivity contribution in [3.8, 4) is 0 Å². The average molecular weight is 319 g/mol. The van der Waals surface area contributed by atoms with E-state index in [9.17, 15) is 0 Å². The summed E-state index contributed by atoms with van der Waals surface area (Å²) in [5.41, 5.74) is 0. The third-order valence-corrected chi connectivity index (χ3v) is 12.2. The van der Waals surface area contributed by atoms with Gasteiger partial charge in [-0.15, -0.1) is 0 Å². The standard InChI is InChI=1S/C16H18NO2PS/c1-3-7-15(8-4-1)20(21-16-9-5-2-6-10-16)17(11-13-18-20)12-14-19-20/h1-10H,11-14H2. The first-order chi connectivity index (χ1) is 10.3. The molecule has 2 fully saturated rings. The molecule has 2 saturated heterocycles. The van der Waals surface area contributed by atoms with Crippen LogP contribution in [0, 0.1) is 0 Å². The minimum absolute atomic E-state index is 0.743. The summed E-state index contributed by atoms with van der Waals surface area (Å²) < 4.78 is 15.3. The molecule has 0 aromatic heterocycles. The number of benzene rings is 2. The monoisotopic (exact) mass is 319 g/mol. The molecular weight excluding hydrogens is 301 g/mol. The molecule has 0 unspecified atom stereocenters. The van der Waals surface area contributed by atoms with E-state index >= 15 is 0 Å². The van der Waals surface area contributed by atoms with Crippen LogP contribution in [-0.4, -0.2) is 31.0 Å². The first-order valence-corrected chi connectivity index (χ1v) is 10.7. The molecule has 0 saturated carbocycles. The molecule has 2 aliphatic rings. The van der Waals surface area contributed by atoms with E-state index in [-0.39, 0.29) is 0 Å². The minimum atomic E-state index is -3.01. The summed E-state index contributed by atoms with van der Waals surface area (Å²) in [5.74, 6) is 0.